The lowest BCUT2D eigenvalue weighted by atomic mass is 9.97. The van der Waals surface area contributed by atoms with E-state index in [1.54, 1.807) is 13.1 Å². The molecule has 3 rings (SSSR count). The summed E-state index contributed by atoms with van der Waals surface area (Å²) < 4.78 is 0. The molecule has 3 amide bonds. The zero-order chi connectivity index (χ0) is 17.8. The molecule has 1 heterocycles. The van der Waals surface area contributed by atoms with Crippen molar-refractivity contribution in [1.82, 2.24) is 10.6 Å². The van der Waals surface area contributed by atoms with Gasteiger partial charge in [0.1, 0.15) is 6.04 Å². The van der Waals surface area contributed by atoms with Crippen LogP contribution in [0.5, 0.6) is 0 Å². The molecule has 0 fully saturated rings. The summed E-state index contributed by atoms with van der Waals surface area (Å²) in [6.45, 7) is 0.438. The van der Waals surface area contributed by atoms with Crippen LogP contribution < -0.4 is 15.5 Å². The third-order valence-corrected chi connectivity index (χ3v) is 4.79. The van der Waals surface area contributed by atoms with Gasteiger partial charge in [-0.15, -0.1) is 0 Å². The van der Waals surface area contributed by atoms with E-state index in [2.05, 4.69) is 16.7 Å². The van der Waals surface area contributed by atoms with Crippen LogP contribution in [0.1, 0.15) is 43.7 Å². The second kappa shape index (κ2) is 7.51. The molecule has 0 spiro atoms. The Hall–Kier alpha value is -2.63. The Labute approximate surface area is 147 Å². The van der Waals surface area contributed by atoms with E-state index in [1.165, 1.54) is 23.3 Å². The van der Waals surface area contributed by atoms with Crippen LogP contribution in [-0.2, 0) is 14.4 Å². The second-order valence-electron chi connectivity index (χ2n) is 6.48. The maximum atomic E-state index is 12.3. The lowest BCUT2D eigenvalue weighted by Crippen LogP contribution is -2.44. The molecule has 0 saturated carbocycles. The number of anilines is 1. The highest BCUT2D eigenvalue weighted by Crippen LogP contribution is 2.34. The molecule has 25 heavy (non-hydrogen) atoms. The molecular weight excluding hydrogens is 318 g/mol. The number of hydrogen-bond donors (Lipinski definition) is 2. The normalized spacial score (nSPS) is 19.2. The predicted octanol–water partition coefficient (Wildman–Crippen LogP) is 1.83. The minimum absolute atomic E-state index is 0.241. The minimum Gasteiger partial charge on any atom is -0.348 e. The van der Waals surface area contributed by atoms with Gasteiger partial charge in [-0.05, 0) is 38.2 Å². The SMILES string of the molecule is CN1C(=O)[C@H](NC(=O)C(=O)NCCC2=CCCCC2)c2ccccc21. The summed E-state index contributed by atoms with van der Waals surface area (Å²) in [5.74, 6) is -1.72. The van der Waals surface area contributed by atoms with Crippen molar-refractivity contribution in [3.05, 3.63) is 41.5 Å². The van der Waals surface area contributed by atoms with Gasteiger partial charge >= 0.3 is 11.8 Å². The predicted molar refractivity (Wildman–Crippen MR) is 94.9 cm³/mol. The van der Waals surface area contributed by atoms with Crippen LogP contribution in [0.3, 0.4) is 0 Å². The summed E-state index contributed by atoms with van der Waals surface area (Å²) in [6.07, 6.45) is 7.58. The van der Waals surface area contributed by atoms with Gasteiger partial charge in [-0.3, -0.25) is 14.4 Å². The maximum Gasteiger partial charge on any atom is 0.310 e. The monoisotopic (exact) mass is 341 g/mol. The number of carbonyl (C=O) groups is 3. The second-order valence-corrected chi connectivity index (χ2v) is 6.48. The highest BCUT2D eigenvalue weighted by Gasteiger charge is 2.36. The Kier molecular flexibility index (Phi) is 5.16. The van der Waals surface area contributed by atoms with Gasteiger partial charge in [0, 0.05) is 24.8 Å². The quantitative estimate of drug-likeness (QED) is 0.648. The van der Waals surface area contributed by atoms with Crippen LogP contribution in [0.25, 0.3) is 0 Å². The van der Waals surface area contributed by atoms with Gasteiger partial charge in [0.2, 0.25) is 0 Å². The van der Waals surface area contributed by atoms with Crippen LogP contribution in [0.4, 0.5) is 5.69 Å². The van der Waals surface area contributed by atoms with E-state index < -0.39 is 17.9 Å². The fourth-order valence-electron chi connectivity index (χ4n) is 3.37. The van der Waals surface area contributed by atoms with Crippen LogP contribution in [0, 0.1) is 0 Å². The van der Waals surface area contributed by atoms with Gasteiger partial charge in [0.15, 0.2) is 0 Å². The van der Waals surface area contributed by atoms with E-state index >= 15 is 0 Å². The molecule has 6 nitrogen and oxygen atoms in total. The summed E-state index contributed by atoms with van der Waals surface area (Å²) in [4.78, 5) is 37.9. The fraction of sp³-hybridized carbons (Fsp3) is 0.421. The van der Waals surface area contributed by atoms with E-state index in [1.807, 2.05) is 18.2 Å². The Morgan fingerprint density at radius 1 is 1.20 bits per heavy atom. The number of allylic oxidation sites excluding steroid dienone is 1. The molecule has 0 unspecified atom stereocenters. The summed E-state index contributed by atoms with van der Waals surface area (Å²) in [5, 5.41) is 5.18. The van der Waals surface area contributed by atoms with Gasteiger partial charge in [-0.25, -0.2) is 0 Å². The molecule has 1 aliphatic heterocycles. The number of nitrogens with one attached hydrogen (secondary N) is 2. The zero-order valence-electron chi connectivity index (χ0n) is 14.4. The molecule has 1 aromatic rings. The molecular formula is C19H23N3O3. The number of benzene rings is 1. The molecule has 2 aliphatic rings. The average Bonchev–Trinajstić information content (AvgIpc) is 2.88. The van der Waals surface area contributed by atoms with Gasteiger partial charge in [-0.2, -0.15) is 0 Å². The number of nitrogens with zero attached hydrogens (tertiary/aromatic N) is 1. The lowest BCUT2D eigenvalue weighted by Gasteiger charge is -2.14. The number of hydrogen-bond acceptors (Lipinski definition) is 3. The molecule has 1 aliphatic carbocycles. The zero-order valence-corrected chi connectivity index (χ0v) is 14.4. The highest BCUT2D eigenvalue weighted by atomic mass is 16.2. The number of rotatable bonds is 4. The van der Waals surface area contributed by atoms with Gasteiger partial charge in [0.25, 0.3) is 5.91 Å². The van der Waals surface area contributed by atoms with E-state index in [-0.39, 0.29) is 5.91 Å². The number of likely N-dealkylation sites (N-methyl/N-ethyl adjacent to an activating group) is 1. The largest absolute Gasteiger partial charge is 0.348 e. The van der Waals surface area contributed by atoms with E-state index in [9.17, 15) is 14.4 Å². The lowest BCUT2D eigenvalue weighted by molar-refractivity contribution is -0.140. The molecule has 132 valence electrons. The molecule has 0 bridgehead atoms. The molecule has 0 saturated heterocycles. The van der Waals surface area contributed by atoms with E-state index in [4.69, 9.17) is 0 Å². The van der Waals surface area contributed by atoms with Crippen molar-refractivity contribution in [1.29, 1.82) is 0 Å². The Bertz CT molecular complexity index is 726. The van der Waals surface area contributed by atoms with E-state index in [0.717, 1.165) is 24.9 Å². The van der Waals surface area contributed by atoms with Crippen molar-refractivity contribution in [2.24, 2.45) is 0 Å². The molecule has 6 heteroatoms. The molecule has 0 aromatic heterocycles. The smallest absolute Gasteiger partial charge is 0.310 e. The topological polar surface area (TPSA) is 78.5 Å². The molecule has 1 aromatic carbocycles. The highest BCUT2D eigenvalue weighted by molar-refractivity contribution is 6.35. The third-order valence-electron chi connectivity index (χ3n) is 4.79. The molecule has 0 radical (unpaired) electrons. The summed E-state index contributed by atoms with van der Waals surface area (Å²) in [7, 11) is 1.66. The van der Waals surface area contributed by atoms with Gasteiger partial charge in [-0.1, -0.05) is 29.8 Å². The third kappa shape index (κ3) is 3.73. The van der Waals surface area contributed by atoms with Crippen molar-refractivity contribution in [2.45, 2.75) is 38.1 Å². The average molecular weight is 341 g/mol. The van der Waals surface area contributed by atoms with Crippen LogP contribution in [-0.4, -0.2) is 31.3 Å². The maximum absolute atomic E-state index is 12.3. The van der Waals surface area contributed by atoms with Crippen molar-refractivity contribution in [2.75, 3.05) is 18.5 Å². The molecule has 2 N–H and O–H groups in total. The Morgan fingerprint density at radius 2 is 2.00 bits per heavy atom. The van der Waals surface area contributed by atoms with Crippen molar-refractivity contribution in [3.8, 4) is 0 Å². The molecule has 1 atom stereocenters. The summed E-state index contributed by atoms with van der Waals surface area (Å²) in [6, 6.07) is 6.44. The van der Waals surface area contributed by atoms with Gasteiger partial charge < -0.3 is 15.5 Å². The van der Waals surface area contributed by atoms with Crippen molar-refractivity contribution >= 4 is 23.4 Å². The van der Waals surface area contributed by atoms with Crippen LogP contribution in [0.15, 0.2) is 35.9 Å². The Morgan fingerprint density at radius 3 is 2.76 bits per heavy atom. The fourth-order valence-corrected chi connectivity index (χ4v) is 3.37. The van der Waals surface area contributed by atoms with Crippen LogP contribution in [0.2, 0.25) is 0 Å². The Balaban J connectivity index is 1.54. The number of para-hydroxylation sites is 1. The first-order chi connectivity index (χ1) is 12.1. The first-order valence-corrected chi connectivity index (χ1v) is 8.71. The van der Waals surface area contributed by atoms with Crippen molar-refractivity contribution < 1.29 is 14.4 Å². The first-order valence-electron chi connectivity index (χ1n) is 8.71. The minimum atomic E-state index is -0.805. The first kappa shape index (κ1) is 17.2. The summed E-state index contributed by atoms with van der Waals surface area (Å²) in [5.41, 5.74) is 2.81. The number of fused-ring (bicyclic) bond motifs is 1. The number of carbonyl (C=O) groups excluding carboxylic acids is 3. The number of amides is 3. The van der Waals surface area contributed by atoms with Crippen molar-refractivity contribution in [3.63, 3.8) is 0 Å². The van der Waals surface area contributed by atoms with Crippen LogP contribution >= 0.6 is 0 Å². The van der Waals surface area contributed by atoms with Gasteiger partial charge in [0.05, 0.1) is 0 Å². The summed E-state index contributed by atoms with van der Waals surface area (Å²) >= 11 is 0. The van der Waals surface area contributed by atoms with E-state index in [0.29, 0.717) is 12.1 Å². The standard InChI is InChI=1S/C19H23N3O3/c1-22-15-10-6-5-9-14(15)16(19(22)25)21-18(24)17(23)20-12-11-13-7-3-2-4-8-13/h5-7,9-10,16H,2-4,8,11-12H2,1H3,(H,20,23)(H,21,24)/t16-/m1/s1.